The van der Waals surface area contributed by atoms with Crippen LogP contribution in [0, 0.1) is 17.6 Å². The number of halogens is 2. The fraction of sp³-hybridized carbons (Fsp3) is 0.458. The number of amides is 1. The van der Waals surface area contributed by atoms with Gasteiger partial charge in [0.25, 0.3) is 0 Å². The van der Waals surface area contributed by atoms with E-state index in [0.717, 1.165) is 44.2 Å². The zero-order valence-electron chi connectivity index (χ0n) is 17.3. The van der Waals surface area contributed by atoms with Crippen molar-refractivity contribution >= 4 is 5.91 Å². The molecule has 0 N–H and O–H groups in total. The van der Waals surface area contributed by atoms with E-state index in [2.05, 4.69) is 9.80 Å². The molecule has 2 heterocycles. The zero-order valence-corrected chi connectivity index (χ0v) is 17.3. The maximum atomic E-state index is 14.0. The minimum absolute atomic E-state index is 0.231. The number of hydrogen-bond acceptors (Lipinski definition) is 3. The van der Waals surface area contributed by atoms with Crippen molar-refractivity contribution in [1.29, 1.82) is 0 Å². The lowest BCUT2D eigenvalue weighted by Gasteiger charge is -2.47. The molecular weight excluding hydrogens is 386 g/mol. The normalized spacial score (nSPS) is 22.1. The molecule has 0 aliphatic carbocycles. The smallest absolute Gasteiger partial charge is 0.222 e. The highest BCUT2D eigenvalue weighted by atomic mass is 19.1. The summed E-state index contributed by atoms with van der Waals surface area (Å²) < 4.78 is 32.7. The van der Waals surface area contributed by atoms with Crippen molar-refractivity contribution in [2.75, 3.05) is 26.7 Å². The Morgan fingerprint density at radius 1 is 1.10 bits per heavy atom. The summed E-state index contributed by atoms with van der Waals surface area (Å²) >= 11 is 0. The van der Waals surface area contributed by atoms with Crippen molar-refractivity contribution in [2.45, 2.75) is 38.3 Å². The van der Waals surface area contributed by atoms with E-state index < -0.39 is 5.82 Å². The first-order valence-corrected chi connectivity index (χ1v) is 10.6. The molecule has 2 atom stereocenters. The molecule has 2 aliphatic rings. The molecule has 6 heteroatoms. The predicted molar refractivity (Wildman–Crippen MR) is 111 cm³/mol. The van der Waals surface area contributed by atoms with E-state index in [4.69, 9.17) is 4.74 Å². The Hall–Kier alpha value is -2.47. The van der Waals surface area contributed by atoms with Gasteiger partial charge in [0.15, 0.2) is 0 Å². The van der Waals surface area contributed by atoms with Crippen LogP contribution in [0.3, 0.4) is 0 Å². The Bertz CT molecular complexity index is 887. The van der Waals surface area contributed by atoms with Crippen molar-refractivity contribution in [3.63, 3.8) is 0 Å². The third-order valence-electron chi connectivity index (χ3n) is 6.43. The maximum absolute atomic E-state index is 14.0. The molecule has 0 bridgehead atoms. The number of methoxy groups -OCH3 is 1. The van der Waals surface area contributed by atoms with Gasteiger partial charge in [-0.25, -0.2) is 8.78 Å². The first-order valence-electron chi connectivity index (χ1n) is 10.6. The first kappa shape index (κ1) is 20.8. The molecular formula is C24H28F2N2O2. The lowest BCUT2D eigenvalue weighted by atomic mass is 9.83. The van der Waals surface area contributed by atoms with Crippen molar-refractivity contribution in [1.82, 2.24) is 9.80 Å². The Morgan fingerprint density at radius 3 is 2.67 bits per heavy atom. The number of carbonyl (C=O) groups is 1. The zero-order chi connectivity index (χ0) is 21.1. The number of benzene rings is 2. The van der Waals surface area contributed by atoms with Gasteiger partial charge in [0, 0.05) is 44.2 Å². The number of fused-ring (bicyclic) bond motifs is 1. The molecule has 2 aromatic rings. The van der Waals surface area contributed by atoms with Crippen molar-refractivity contribution in [3.05, 3.63) is 65.2 Å². The van der Waals surface area contributed by atoms with Crippen LogP contribution in [0.5, 0.6) is 5.75 Å². The molecule has 2 fully saturated rings. The van der Waals surface area contributed by atoms with Gasteiger partial charge in [-0.2, -0.15) is 0 Å². The van der Waals surface area contributed by atoms with Gasteiger partial charge in [-0.15, -0.1) is 0 Å². The van der Waals surface area contributed by atoms with Crippen LogP contribution < -0.4 is 4.74 Å². The van der Waals surface area contributed by atoms with Gasteiger partial charge >= 0.3 is 0 Å². The summed E-state index contributed by atoms with van der Waals surface area (Å²) in [6.45, 7) is 2.72. The molecule has 30 heavy (non-hydrogen) atoms. The Labute approximate surface area is 176 Å². The molecule has 4 nitrogen and oxygen atoms in total. The van der Waals surface area contributed by atoms with Crippen molar-refractivity contribution in [3.8, 4) is 5.75 Å². The van der Waals surface area contributed by atoms with Gasteiger partial charge in [-0.3, -0.25) is 9.69 Å². The first-order chi connectivity index (χ1) is 14.5. The van der Waals surface area contributed by atoms with Gasteiger partial charge in [0.2, 0.25) is 5.91 Å². The van der Waals surface area contributed by atoms with E-state index in [1.54, 1.807) is 7.11 Å². The summed E-state index contributed by atoms with van der Waals surface area (Å²) in [5.74, 6) is 0.668. The molecule has 2 aromatic carbocycles. The maximum Gasteiger partial charge on any atom is 0.222 e. The average Bonchev–Trinajstić information content (AvgIpc) is 2.76. The Morgan fingerprint density at radius 2 is 1.90 bits per heavy atom. The second-order valence-corrected chi connectivity index (χ2v) is 8.31. The number of rotatable bonds is 6. The highest BCUT2D eigenvalue weighted by Gasteiger charge is 2.39. The second kappa shape index (κ2) is 9.13. The molecule has 2 aliphatic heterocycles. The van der Waals surface area contributed by atoms with Gasteiger partial charge in [0.05, 0.1) is 7.11 Å². The summed E-state index contributed by atoms with van der Waals surface area (Å²) in [5.41, 5.74) is 1.58. The standard InChI is InChI=1S/C24H28F2N2O2/c1-30-21-6-2-17(3-7-21)10-13-28-23-11-12-27(15-18(23)4-9-24(28)29)16-19-14-20(25)5-8-22(19)26/h2-3,5-8,14,18,23H,4,9-13,15-16H2,1H3/t18-,23+/m1/s1. The number of carbonyl (C=O) groups excluding carboxylic acids is 1. The van der Waals surface area contributed by atoms with E-state index in [-0.39, 0.29) is 17.8 Å². The van der Waals surface area contributed by atoms with Crippen LogP contribution >= 0.6 is 0 Å². The molecule has 0 spiro atoms. The quantitative estimate of drug-likeness (QED) is 0.716. The molecule has 2 saturated heterocycles. The third-order valence-corrected chi connectivity index (χ3v) is 6.43. The molecule has 4 rings (SSSR count). The SMILES string of the molecule is COc1ccc(CCN2C(=O)CC[C@@H]3CN(Cc4cc(F)ccc4F)CC[C@@H]32)cc1. The minimum atomic E-state index is -0.408. The van der Waals surface area contributed by atoms with Crippen LogP contribution in [0.1, 0.15) is 30.4 Å². The minimum Gasteiger partial charge on any atom is -0.497 e. The van der Waals surface area contributed by atoms with Gasteiger partial charge in [-0.05, 0) is 61.1 Å². The summed E-state index contributed by atoms with van der Waals surface area (Å²) in [5, 5.41) is 0. The van der Waals surface area contributed by atoms with E-state index >= 15 is 0 Å². The summed E-state index contributed by atoms with van der Waals surface area (Å²) in [6, 6.07) is 11.8. The van der Waals surface area contributed by atoms with Crippen LogP contribution in [0.15, 0.2) is 42.5 Å². The fourth-order valence-electron chi connectivity index (χ4n) is 4.81. The summed E-state index contributed by atoms with van der Waals surface area (Å²) in [7, 11) is 1.65. The Kier molecular flexibility index (Phi) is 6.32. The lowest BCUT2D eigenvalue weighted by Crippen LogP contribution is -2.56. The number of nitrogens with zero attached hydrogens (tertiary/aromatic N) is 2. The topological polar surface area (TPSA) is 32.8 Å². The van der Waals surface area contributed by atoms with Gasteiger partial charge in [-0.1, -0.05) is 12.1 Å². The molecule has 0 unspecified atom stereocenters. The molecule has 0 radical (unpaired) electrons. The van der Waals surface area contributed by atoms with E-state index in [1.165, 1.54) is 17.7 Å². The third kappa shape index (κ3) is 4.64. The highest BCUT2D eigenvalue weighted by Crippen LogP contribution is 2.32. The van der Waals surface area contributed by atoms with Crippen LogP contribution in [0.2, 0.25) is 0 Å². The van der Waals surface area contributed by atoms with E-state index in [9.17, 15) is 13.6 Å². The van der Waals surface area contributed by atoms with Gasteiger partial charge < -0.3 is 9.64 Å². The molecule has 1 amide bonds. The molecule has 160 valence electrons. The number of hydrogen-bond donors (Lipinski definition) is 0. The van der Waals surface area contributed by atoms with E-state index in [1.807, 2.05) is 24.3 Å². The van der Waals surface area contributed by atoms with Crippen LogP contribution in [0.25, 0.3) is 0 Å². The fourth-order valence-corrected chi connectivity index (χ4v) is 4.81. The van der Waals surface area contributed by atoms with Gasteiger partial charge in [0.1, 0.15) is 17.4 Å². The predicted octanol–water partition coefficient (Wildman–Crippen LogP) is 4.03. The van der Waals surface area contributed by atoms with Crippen LogP contribution in [-0.2, 0) is 17.8 Å². The number of likely N-dealkylation sites (tertiary alicyclic amines) is 2. The van der Waals surface area contributed by atoms with Crippen molar-refractivity contribution in [2.24, 2.45) is 5.92 Å². The highest BCUT2D eigenvalue weighted by molar-refractivity contribution is 5.77. The summed E-state index contributed by atoms with van der Waals surface area (Å²) in [4.78, 5) is 16.9. The lowest BCUT2D eigenvalue weighted by molar-refractivity contribution is -0.141. The average molecular weight is 414 g/mol. The Balaban J connectivity index is 1.37. The number of piperidine rings is 2. The van der Waals surface area contributed by atoms with Crippen molar-refractivity contribution < 1.29 is 18.3 Å². The largest absolute Gasteiger partial charge is 0.497 e. The number of ether oxygens (including phenoxy) is 1. The summed E-state index contributed by atoms with van der Waals surface area (Å²) in [6.07, 6.45) is 3.11. The van der Waals surface area contributed by atoms with Crippen LogP contribution in [-0.4, -0.2) is 48.5 Å². The second-order valence-electron chi connectivity index (χ2n) is 8.31. The van der Waals surface area contributed by atoms with E-state index in [0.29, 0.717) is 31.0 Å². The molecule has 0 saturated carbocycles. The molecule has 0 aromatic heterocycles. The van der Waals surface area contributed by atoms with Crippen LogP contribution in [0.4, 0.5) is 8.78 Å². The monoisotopic (exact) mass is 414 g/mol.